The minimum Gasteiger partial charge on any atom is -0.396 e. The van der Waals surface area contributed by atoms with Crippen LogP contribution in [0.15, 0.2) is 0 Å². The van der Waals surface area contributed by atoms with Crippen LogP contribution in [-0.4, -0.2) is 35.0 Å². The van der Waals surface area contributed by atoms with Gasteiger partial charge in [0.25, 0.3) is 0 Å². The molecule has 4 heteroatoms. The second-order valence-corrected chi connectivity index (χ2v) is 9.36. The van der Waals surface area contributed by atoms with E-state index in [1.54, 1.807) is 13.8 Å². The molecule has 44 heavy (non-hydrogen) atoms. The first-order valence-electron chi connectivity index (χ1n) is 15.4. The van der Waals surface area contributed by atoms with Gasteiger partial charge in [-0.1, -0.05) is 77.5 Å². The molecule has 0 unspecified atom stereocenters. The van der Waals surface area contributed by atoms with Crippen molar-refractivity contribution in [1.29, 1.82) is 0 Å². The van der Waals surface area contributed by atoms with Crippen LogP contribution in [0.4, 0.5) is 0 Å². The summed E-state index contributed by atoms with van der Waals surface area (Å²) in [5.74, 6) is 48.0. The third-order valence-electron chi connectivity index (χ3n) is 5.14. The predicted octanol–water partition coefficient (Wildman–Crippen LogP) is 6.18. The number of hydrogen-bond donors (Lipinski definition) is 2. The van der Waals surface area contributed by atoms with Crippen molar-refractivity contribution in [1.82, 2.24) is 0 Å². The van der Waals surface area contributed by atoms with Gasteiger partial charge in [0.2, 0.25) is 0 Å². The Labute approximate surface area is 268 Å². The summed E-state index contributed by atoms with van der Waals surface area (Å²) in [5.41, 5.74) is 0. The molecule has 0 aromatic carbocycles. The molecular formula is C40H48O4. The molecule has 0 aliphatic heterocycles. The molecule has 0 bridgehead atoms. The molecule has 0 aromatic heterocycles. The largest absolute Gasteiger partial charge is 0.396 e. The van der Waals surface area contributed by atoms with E-state index in [9.17, 15) is 9.59 Å². The lowest BCUT2D eigenvalue weighted by atomic mass is 10.2. The first-order chi connectivity index (χ1) is 21.5. The van der Waals surface area contributed by atoms with Crippen molar-refractivity contribution >= 4 is 11.6 Å². The maximum absolute atomic E-state index is 10.7. The highest BCUT2D eigenvalue weighted by Gasteiger charge is 1.90. The summed E-state index contributed by atoms with van der Waals surface area (Å²) in [6.07, 6.45) is 13.1. The molecule has 0 heterocycles. The average molecular weight is 593 g/mol. The Balaban J connectivity index is 0. The fourth-order valence-corrected chi connectivity index (χ4v) is 2.89. The molecule has 0 saturated heterocycles. The molecule has 0 aliphatic rings. The minimum atomic E-state index is 0.190. The maximum Gasteiger partial charge on any atom is 0.129 e. The molecule has 4 nitrogen and oxygen atoms in total. The summed E-state index contributed by atoms with van der Waals surface area (Å²) >= 11 is 0. The van der Waals surface area contributed by atoms with Gasteiger partial charge in [-0.25, -0.2) is 0 Å². The molecule has 0 rings (SSSR count). The smallest absolute Gasteiger partial charge is 0.129 e. The number of hydrogen-bond acceptors (Lipinski definition) is 4. The Morgan fingerprint density at radius 3 is 0.932 bits per heavy atom. The van der Waals surface area contributed by atoms with E-state index in [-0.39, 0.29) is 24.8 Å². The van der Waals surface area contributed by atoms with Crippen LogP contribution in [0.3, 0.4) is 0 Å². The lowest BCUT2D eigenvalue weighted by Crippen LogP contribution is -1.87. The summed E-state index contributed by atoms with van der Waals surface area (Å²) in [4.78, 5) is 21.4. The van der Waals surface area contributed by atoms with Crippen molar-refractivity contribution in [2.45, 2.75) is 129 Å². The van der Waals surface area contributed by atoms with Gasteiger partial charge in [-0.3, -0.25) is 0 Å². The lowest BCUT2D eigenvalue weighted by molar-refractivity contribution is -0.117. The quantitative estimate of drug-likeness (QED) is 0.210. The van der Waals surface area contributed by atoms with Gasteiger partial charge in [-0.15, -0.1) is 23.7 Å². The zero-order chi connectivity index (χ0) is 32.6. The Hall–Kier alpha value is -4.26. The highest BCUT2D eigenvalue weighted by atomic mass is 16.3. The van der Waals surface area contributed by atoms with Gasteiger partial charge in [-0.05, 0) is 46.0 Å². The van der Waals surface area contributed by atoms with Crippen LogP contribution >= 0.6 is 0 Å². The van der Waals surface area contributed by atoms with Crippen LogP contribution in [0, 0.1) is 94.7 Å². The summed E-state index contributed by atoms with van der Waals surface area (Å²) in [7, 11) is 0. The average Bonchev–Trinajstić information content (AvgIpc) is 3.00. The summed E-state index contributed by atoms with van der Waals surface area (Å²) in [5, 5.41) is 17.2. The van der Waals surface area contributed by atoms with E-state index in [1.807, 2.05) is 0 Å². The SMILES string of the molecule is CC(=O)CCCC#CCC#CCC#CCC#CCCCCCO.CC(=O)CCCC#CCC#CCC#CCC#CCCCO. The van der Waals surface area contributed by atoms with E-state index < -0.39 is 0 Å². The van der Waals surface area contributed by atoms with Crippen LogP contribution in [0.5, 0.6) is 0 Å². The number of unbranched alkanes of at least 4 members (excludes halogenated alkanes) is 6. The van der Waals surface area contributed by atoms with Gasteiger partial charge in [0.05, 0.1) is 38.5 Å². The Morgan fingerprint density at radius 1 is 0.364 bits per heavy atom. The van der Waals surface area contributed by atoms with E-state index in [4.69, 9.17) is 10.2 Å². The van der Waals surface area contributed by atoms with Gasteiger partial charge in [0, 0.05) is 51.7 Å². The van der Waals surface area contributed by atoms with Gasteiger partial charge in [-0.2, -0.15) is 0 Å². The first-order valence-corrected chi connectivity index (χ1v) is 15.4. The number of rotatable bonds is 12. The van der Waals surface area contributed by atoms with E-state index in [0.29, 0.717) is 51.4 Å². The summed E-state index contributed by atoms with van der Waals surface area (Å²) in [6.45, 7) is 3.66. The topological polar surface area (TPSA) is 74.6 Å². The zero-order valence-corrected chi connectivity index (χ0v) is 26.9. The molecular weight excluding hydrogens is 544 g/mol. The van der Waals surface area contributed by atoms with Crippen molar-refractivity contribution < 1.29 is 19.8 Å². The molecule has 0 radical (unpaired) electrons. The maximum atomic E-state index is 10.7. The second kappa shape index (κ2) is 38.7. The van der Waals surface area contributed by atoms with Crippen molar-refractivity contribution in [2.75, 3.05) is 13.2 Å². The number of Topliss-reactive ketones (excluding diaryl/α,β-unsaturated/α-hetero) is 2. The first kappa shape index (κ1) is 41.9. The molecule has 232 valence electrons. The van der Waals surface area contributed by atoms with Crippen molar-refractivity contribution in [3.63, 3.8) is 0 Å². The Morgan fingerprint density at radius 2 is 0.636 bits per heavy atom. The summed E-state index contributed by atoms with van der Waals surface area (Å²) < 4.78 is 0. The lowest BCUT2D eigenvalue weighted by Gasteiger charge is -1.90. The van der Waals surface area contributed by atoms with E-state index in [0.717, 1.165) is 64.2 Å². The van der Waals surface area contributed by atoms with E-state index in [2.05, 4.69) is 94.7 Å². The number of aliphatic hydroxyl groups is 2. The summed E-state index contributed by atoms with van der Waals surface area (Å²) in [6, 6.07) is 0. The van der Waals surface area contributed by atoms with Crippen LogP contribution in [-0.2, 0) is 9.59 Å². The molecule has 0 amide bonds. The van der Waals surface area contributed by atoms with Crippen LogP contribution in [0.2, 0.25) is 0 Å². The molecule has 0 fully saturated rings. The molecule has 2 N–H and O–H groups in total. The normalized spacial score (nSPS) is 8.09. The zero-order valence-electron chi connectivity index (χ0n) is 26.9. The molecule has 0 aromatic rings. The minimum absolute atomic E-state index is 0.190. The van der Waals surface area contributed by atoms with Crippen molar-refractivity contribution in [3.05, 3.63) is 0 Å². The number of carbonyl (C=O) groups excluding carboxylic acids is 2. The molecule has 0 atom stereocenters. The third-order valence-corrected chi connectivity index (χ3v) is 5.14. The number of carbonyl (C=O) groups is 2. The molecule has 0 saturated carbocycles. The van der Waals surface area contributed by atoms with Crippen molar-refractivity contribution in [3.8, 4) is 94.7 Å². The van der Waals surface area contributed by atoms with Crippen molar-refractivity contribution in [2.24, 2.45) is 0 Å². The van der Waals surface area contributed by atoms with E-state index >= 15 is 0 Å². The highest BCUT2D eigenvalue weighted by molar-refractivity contribution is 5.75. The fourth-order valence-electron chi connectivity index (χ4n) is 2.89. The van der Waals surface area contributed by atoms with Gasteiger partial charge in [0.1, 0.15) is 11.6 Å². The Kier molecular flexibility index (Phi) is 36.9. The van der Waals surface area contributed by atoms with Gasteiger partial charge < -0.3 is 19.8 Å². The van der Waals surface area contributed by atoms with Crippen LogP contribution in [0.25, 0.3) is 0 Å². The molecule has 0 aliphatic carbocycles. The fraction of sp³-hybridized carbons (Fsp3) is 0.550. The number of ketones is 2. The number of aliphatic hydroxyl groups excluding tert-OH is 2. The third kappa shape index (κ3) is 44.7. The predicted molar refractivity (Wildman–Crippen MR) is 181 cm³/mol. The van der Waals surface area contributed by atoms with Gasteiger partial charge in [0.15, 0.2) is 0 Å². The monoisotopic (exact) mass is 592 g/mol. The Bertz CT molecular complexity index is 1290. The van der Waals surface area contributed by atoms with Crippen LogP contribution < -0.4 is 0 Å². The highest BCUT2D eigenvalue weighted by Crippen LogP contribution is 1.97. The van der Waals surface area contributed by atoms with Gasteiger partial charge >= 0.3 is 0 Å². The second-order valence-electron chi connectivity index (χ2n) is 9.36. The molecule has 0 spiro atoms. The van der Waals surface area contributed by atoms with E-state index in [1.165, 1.54) is 0 Å². The standard InChI is InChI=1S/C21H26O2.C19H22O2/c1-21(23)19-17-15-13-11-9-7-5-3-2-4-6-8-10-12-14-16-18-20-22;1-19(21)17-15-13-11-9-7-5-3-2-4-6-8-10-12-14-16-18-20/h22H,3,6,9,12,14-20H2,1H3;20H,2,7-8,13-18H2,1H3. The van der Waals surface area contributed by atoms with Crippen LogP contribution in [0.1, 0.15) is 129 Å².